The highest BCUT2D eigenvalue weighted by atomic mass is 28.3. The first-order chi connectivity index (χ1) is 10.8. The molecule has 0 N–H and O–H groups in total. The average molecular weight is 306 g/mol. The molecule has 2 heteroatoms. The van der Waals surface area contributed by atoms with Crippen LogP contribution in [0.4, 0.5) is 4.39 Å². The van der Waals surface area contributed by atoms with Gasteiger partial charge >= 0.3 is 0 Å². The SMILES string of the molecule is CC(c1ccc(F)cc1)[SiH](c1ccccc1)c1ccccc1. The van der Waals surface area contributed by atoms with Gasteiger partial charge in [-0.2, -0.15) is 0 Å². The molecule has 0 amide bonds. The highest BCUT2D eigenvalue weighted by molar-refractivity contribution is 6.86. The van der Waals surface area contributed by atoms with Crippen molar-refractivity contribution in [2.75, 3.05) is 0 Å². The molecule has 3 aromatic rings. The summed E-state index contributed by atoms with van der Waals surface area (Å²) in [4.78, 5) is 0. The summed E-state index contributed by atoms with van der Waals surface area (Å²) in [6.45, 7) is 2.27. The minimum atomic E-state index is -1.41. The van der Waals surface area contributed by atoms with E-state index in [0.717, 1.165) is 0 Å². The van der Waals surface area contributed by atoms with Gasteiger partial charge in [0.25, 0.3) is 0 Å². The highest BCUT2D eigenvalue weighted by Crippen LogP contribution is 2.19. The fourth-order valence-electron chi connectivity index (χ4n) is 3.05. The molecule has 0 nitrogen and oxygen atoms in total. The Labute approximate surface area is 132 Å². The van der Waals surface area contributed by atoms with E-state index in [9.17, 15) is 4.39 Å². The standard InChI is InChI=1S/C20H19FSi/c1-16(17-12-14-18(21)15-13-17)22(19-8-4-2-5-9-19)20-10-6-3-7-11-20/h2-16,22H,1H3. The largest absolute Gasteiger partial charge is 0.207 e. The zero-order valence-corrected chi connectivity index (χ0v) is 13.8. The van der Waals surface area contributed by atoms with Gasteiger partial charge in [-0.25, -0.2) is 4.39 Å². The second-order valence-electron chi connectivity index (χ2n) is 5.64. The molecule has 0 fully saturated rings. The van der Waals surface area contributed by atoms with E-state index in [2.05, 4.69) is 67.6 Å². The summed E-state index contributed by atoms with van der Waals surface area (Å²) >= 11 is 0. The third-order valence-corrected chi connectivity index (χ3v) is 7.80. The quantitative estimate of drug-likeness (QED) is 0.647. The van der Waals surface area contributed by atoms with E-state index in [0.29, 0.717) is 5.54 Å². The second kappa shape index (κ2) is 6.71. The summed E-state index contributed by atoms with van der Waals surface area (Å²) in [6, 6.07) is 28.4. The molecule has 0 saturated carbocycles. The van der Waals surface area contributed by atoms with E-state index in [-0.39, 0.29) is 5.82 Å². The van der Waals surface area contributed by atoms with Gasteiger partial charge in [-0.1, -0.05) is 90.1 Å². The van der Waals surface area contributed by atoms with Crippen LogP contribution in [0, 0.1) is 5.82 Å². The lowest BCUT2D eigenvalue weighted by Crippen LogP contribution is -2.46. The van der Waals surface area contributed by atoms with E-state index in [1.165, 1.54) is 15.9 Å². The molecule has 0 aliphatic carbocycles. The van der Waals surface area contributed by atoms with Crippen LogP contribution in [-0.2, 0) is 0 Å². The summed E-state index contributed by atoms with van der Waals surface area (Å²) in [5.74, 6) is -0.173. The first-order valence-corrected chi connectivity index (χ1v) is 9.43. The van der Waals surface area contributed by atoms with Crippen LogP contribution in [0.5, 0.6) is 0 Å². The van der Waals surface area contributed by atoms with Gasteiger partial charge in [-0.3, -0.25) is 0 Å². The molecule has 0 heterocycles. The molecule has 0 saturated heterocycles. The number of rotatable bonds is 4. The van der Waals surface area contributed by atoms with Crippen LogP contribution in [0.1, 0.15) is 18.0 Å². The topological polar surface area (TPSA) is 0 Å². The van der Waals surface area contributed by atoms with Gasteiger partial charge < -0.3 is 0 Å². The number of halogens is 1. The molecule has 0 aromatic heterocycles. The smallest absolute Gasteiger partial charge is 0.123 e. The molecule has 3 aromatic carbocycles. The van der Waals surface area contributed by atoms with E-state index >= 15 is 0 Å². The minimum Gasteiger partial charge on any atom is -0.207 e. The Balaban J connectivity index is 2.04. The monoisotopic (exact) mass is 306 g/mol. The highest BCUT2D eigenvalue weighted by Gasteiger charge is 2.24. The summed E-state index contributed by atoms with van der Waals surface area (Å²) < 4.78 is 13.2. The second-order valence-corrected chi connectivity index (χ2v) is 8.93. The molecule has 3 rings (SSSR count). The van der Waals surface area contributed by atoms with Gasteiger partial charge in [0.15, 0.2) is 0 Å². The van der Waals surface area contributed by atoms with Gasteiger partial charge in [-0.05, 0) is 23.2 Å². The third kappa shape index (κ3) is 3.17. The van der Waals surface area contributed by atoms with E-state index in [4.69, 9.17) is 0 Å². The maximum atomic E-state index is 13.2. The minimum absolute atomic E-state index is 0.173. The van der Waals surface area contributed by atoms with Gasteiger partial charge in [-0.15, -0.1) is 0 Å². The van der Waals surface area contributed by atoms with Crippen molar-refractivity contribution in [2.24, 2.45) is 0 Å². The van der Waals surface area contributed by atoms with E-state index in [1.54, 1.807) is 12.1 Å². The van der Waals surface area contributed by atoms with Crippen molar-refractivity contribution in [3.05, 3.63) is 96.3 Å². The Hall–Kier alpha value is -2.19. The average Bonchev–Trinajstić information content (AvgIpc) is 2.57. The molecule has 0 aliphatic rings. The Bertz CT molecular complexity index is 668. The molecule has 0 radical (unpaired) electrons. The zero-order chi connectivity index (χ0) is 15.4. The summed E-state index contributed by atoms with van der Waals surface area (Å²) in [6.07, 6.45) is 0. The van der Waals surface area contributed by atoms with Crippen LogP contribution in [-0.4, -0.2) is 8.80 Å². The molecule has 0 bridgehead atoms. The van der Waals surface area contributed by atoms with Crippen molar-refractivity contribution in [1.82, 2.24) is 0 Å². The molecule has 110 valence electrons. The van der Waals surface area contributed by atoms with Crippen LogP contribution >= 0.6 is 0 Å². The number of hydrogen-bond acceptors (Lipinski definition) is 0. The normalized spacial score (nSPS) is 12.3. The van der Waals surface area contributed by atoms with Crippen LogP contribution in [0.3, 0.4) is 0 Å². The van der Waals surface area contributed by atoms with Crippen LogP contribution < -0.4 is 10.4 Å². The lowest BCUT2D eigenvalue weighted by atomic mass is 10.2. The first-order valence-electron chi connectivity index (χ1n) is 7.61. The molecule has 1 unspecified atom stereocenters. The third-order valence-electron chi connectivity index (χ3n) is 4.21. The van der Waals surface area contributed by atoms with E-state index < -0.39 is 8.80 Å². The van der Waals surface area contributed by atoms with Crippen molar-refractivity contribution >= 4 is 19.2 Å². The van der Waals surface area contributed by atoms with E-state index in [1.807, 2.05) is 12.1 Å². The fraction of sp³-hybridized carbons (Fsp3) is 0.100. The Morgan fingerprint density at radius 3 is 1.59 bits per heavy atom. The van der Waals surface area contributed by atoms with Crippen LogP contribution in [0.15, 0.2) is 84.9 Å². The van der Waals surface area contributed by atoms with Crippen molar-refractivity contribution < 1.29 is 4.39 Å². The Morgan fingerprint density at radius 1 is 0.682 bits per heavy atom. The van der Waals surface area contributed by atoms with Gasteiger partial charge in [0.2, 0.25) is 0 Å². The molecule has 22 heavy (non-hydrogen) atoms. The zero-order valence-electron chi connectivity index (χ0n) is 12.6. The maximum absolute atomic E-state index is 13.2. The molecular formula is C20H19FSi. The Morgan fingerprint density at radius 2 is 1.14 bits per heavy atom. The number of hydrogen-bond donors (Lipinski definition) is 0. The molecule has 0 spiro atoms. The molecular weight excluding hydrogens is 287 g/mol. The lowest BCUT2D eigenvalue weighted by molar-refractivity contribution is 0.627. The van der Waals surface area contributed by atoms with Crippen LogP contribution in [0.25, 0.3) is 0 Å². The van der Waals surface area contributed by atoms with Crippen molar-refractivity contribution in [3.8, 4) is 0 Å². The fourth-order valence-corrected chi connectivity index (χ4v) is 6.47. The molecule has 1 atom stereocenters. The lowest BCUT2D eigenvalue weighted by Gasteiger charge is -2.24. The predicted molar refractivity (Wildman–Crippen MR) is 94.1 cm³/mol. The van der Waals surface area contributed by atoms with Gasteiger partial charge in [0, 0.05) is 0 Å². The van der Waals surface area contributed by atoms with Crippen molar-refractivity contribution in [2.45, 2.75) is 12.5 Å². The Kier molecular flexibility index (Phi) is 4.49. The van der Waals surface area contributed by atoms with Crippen molar-refractivity contribution in [3.63, 3.8) is 0 Å². The number of benzene rings is 3. The molecule has 0 aliphatic heterocycles. The van der Waals surface area contributed by atoms with Gasteiger partial charge in [0.05, 0.1) is 0 Å². The van der Waals surface area contributed by atoms with Crippen LogP contribution in [0.2, 0.25) is 0 Å². The van der Waals surface area contributed by atoms with Crippen molar-refractivity contribution in [1.29, 1.82) is 0 Å². The summed E-state index contributed by atoms with van der Waals surface area (Å²) in [5, 5.41) is 2.84. The first kappa shape index (κ1) is 14.7. The van der Waals surface area contributed by atoms with Gasteiger partial charge in [0.1, 0.15) is 14.6 Å². The predicted octanol–water partition coefficient (Wildman–Crippen LogP) is 3.51. The summed E-state index contributed by atoms with van der Waals surface area (Å²) in [5.41, 5.74) is 1.62. The maximum Gasteiger partial charge on any atom is 0.123 e. The summed E-state index contributed by atoms with van der Waals surface area (Å²) in [7, 11) is -1.41.